The minimum absolute atomic E-state index is 0.903. The summed E-state index contributed by atoms with van der Waals surface area (Å²) in [5.74, 6) is 0. The Balaban J connectivity index is 1.17. The van der Waals surface area contributed by atoms with Crippen molar-refractivity contribution in [2.45, 2.75) is 0 Å². The second-order valence-corrected chi connectivity index (χ2v) is 14.1. The van der Waals surface area contributed by atoms with E-state index in [1.165, 1.54) is 76.1 Å². The minimum Gasteiger partial charge on any atom is -0.456 e. The van der Waals surface area contributed by atoms with Crippen LogP contribution in [0, 0.1) is 0 Å². The van der Waals surface area contributed by atoms with Crippen molar-refractivity contribution in [2.24, 2.45) is 0 Å². The van der Waals surface area contributed by atoms with Crippen molar-refractivity contribution in [2.75, 3.05) is 0 Å². The fraction of sp³-hybridized carbons (Fsp3) is 0. The maximum absolute atomic E-state index is 6.47. The predicted molar refractivity (Wildman–Crippen MR) is 223 cm³/mol. The number of rotatable bonds is 3. The number of benzene rings is 9. The molecule has 3 heterocycles. The molecule has 0 aliphatic carbocycles. The first-order valence-electron chi connectivity index (χ1n) is 18.2. The molecule has 12 rings (SSSR count). The van der Waals surface area contributed by atoms with Gasteiger partial charge in [-0.15, -0.1) is 0 Å². The zero-order chi connectivity index (χ0) is 34.6. The van der Waals surface area contributed by atoms with Crippen LogP contribution >= 0.6 is 0 Å². The van der Waals surface area contributed by atoms with E-state index in [1.54, 1.807) is 0 Å². The third-order valence-corrected chi connectivity index (χ3v) is 11.3. The number of hydrogen-bond donors (Lipinski definition) is 0. The summed E-state index contributed by atoms with van der Waals surface area (Å²) in [4.78, 5) is 0. The topological polar surface area (TPSA) is 23.0 Å². The molecule has 0 unspecified atom stereocenters. The zero-order valence-electron chi connectivity index (χ0n) is 28.6. The Kier molecular flexibility index (Phi) is 5.77. The molecule has 0 fully saturated rings. The van der Waals surface area contributed by atoms with Crippen LogP contribution in [0.2, 0.25) is 0 Å². The van der Waals surface area contributed by atoms with E-state index in [2.05, 4.69) is 191 Å². The second kappa shape index (κ2) is 10.7. The highest BCUT2D eigenvalue weighted by Gasteiger charge is 2.21. The molecular weight excluding hydrogens is 645 g/mol. The first-order valence-corrected chi connectivity index (χ1v) is 18.2. The first kappa shape index (κ1) is 28.6. The van der Waals surface area contributed by atoms with Crippen LogP contribution in [0.3, 0.4) is 0 Å². The van der Waals surface area contributed by atoms with Crippen molar-refractivity contribution in [1.82, 2.24) is 9.13 Å². The molecule has 12 aromatic rings. The molecule has 0 aliphatic rings. The van der Waals surface area contributed by atoms with Gasteiger partial charge in [0.25, 0.3) is 0 Å². The summed E-state index contributed by atoms with van der Waals surface area (Å²) >= 11 is 0. The van der Waals surface area contributed by atoms with Gasteiger partial charge in [-0.25, -0.2) is 0 Å². The van der Waals surface area contributed by atoms with E-state index in [1.807, 2.05) is 0 Å². The third kappa shape index (κ3) is 3.99. The number of nitrogens with zero attached hydrogens (tertiary/aromatic N) is 2. The summed E-state index contributed by atoms with van der Waals surface area (Å²) in [6.07, 6.45) is 0. The Hall–Kier alpha value is -7.10. The summed E-state index contributed by atoms with van der Waals surface area (Å²) in [5.41, 5.74) is 11.2. The highest BCUT2D eigenvalue weighted by Crippen LogP contribution is 2.44. The van der Waals surface area contributed by atoms with Gasteiger partial charge >= 0.3 is 0 Å². The number of furan rings is 1. The van der Waals surface area contributed by atoms with Crippen molar-refractivity contribution in [1.29, 1.82) is 0 Å². The average molecular weight is 675 g/mol. The molecule has 0 saturated heterocycles. The highest BCUT2D eigenvalue weighted by atomic mass is 16.3. The van der Waals surface area contributed by atoms with Gasteiger partial charge in [0.05, 0.1) is 22.1 Å². The van der Waals surface area contributed by atoms with Gasteiger partial charge in [0, 0.05) is 43.7 Å². The summed E-state index contributed by atoms with van der Waals surface area (Å²) in [6, 6.07) is 66.0. The van der Waals surface area contributed by atoms with E-state index in [0.717, 1.165) is 33.5 Å². The molecule has 246 valence electrons. The average Bonchev–Trinajstić information content (AvgIpc) is 3.88. The fourth-order valence-corrected chi connectivity index (χ4v) is 9.02. The molecule has 0 aliphatic heterocycles. The van der Waals surface area contributed by atoms with E-state index in [0.29, 0.717) is 0 Å². The maximum atomic E-state index is 6.47. The van der Waals surface area contributed by atoms with Crippen molar-refractivity contribution in [3.8, 4) is 22.5 Å². The van der Waals surface area contributed by atoms with Gasteiger partial charge in [-0.2, -0.15) is 0 Å². The Labute approximate surface area is 304 Å². The van der Waals surface area contributed by atoms with Crippen LogP contribution in [0.15, 0.2) is 186 Å². The molecule has 53 heavy (non-hydrogen) atoms. The van der Waals surface area contributed by atoms with Gasteiger partial charge in [0.15, 0.2) is 0 Å². The Morgan fingerprint density at radius 3 is 1.81 bits per heavy atom. The molecule has 0 saturated carbocycles. The van der Waals surface area contributed by atoms with Crippen LogP contribution < -0.4 is 0 Å². The highest BCUT2D eigenvalue weighted by molar-refractivity contribution is 6.26. The van der Waals surface area contributed by atoms with Gasteiger partial charge in [0.1, 0.15) is 11.2 Å². The summed E-state index contributed by atoms with van der Waals surface area (Å²) in [7, 11) is 0. The van der Waals surface area contributed by atoms with Gasteiger partial charge in [0.2, 0.25) is 0 Å². The van der Waals surface area contributed by atoms with Crippen LogP contribution in [-0.4, -0.2) is 9.13 Å². The van der Waals surface area contributed by atoms with Crippen molar-refractivity contribution < 1.29 is 4.42 Å². The monoisotopic (exact) mass is 674 g/mol. The van der Waals surface area contributed by atoms with Crippen molar-refractivity contribution >= 4 is 87.1 Å². The molecule has 9 aromatic carbocycles. The Morgan fingerprint density at radius 2 is 0.962 bits per heavy atom. The van der Waals surface area contributed by atoms with Crippen LogP contribution in [0.5, 0.6) is 0 Å². The maximum Gasteiger partial charge on any atom is 0.136 e. The van der Waals surface area contributed by atoms with E-state index >= 15 is 0 Å². The van der Waals surface area contributed by atoms with E-state index in [-0.39, 0.29) is 0 Å². The van der Waals surface area contributed by atoms with Crippen LogP contribution in [-0.2, 0) is 0 Å². The zero-order valence-corrected chi connectivity index (χ0v) is 28.6. The largest absolute Gasteiger partial charge is 0.456 e. The van der Waals surface area contributed by atoms with Crippen LogP contribution in [0.25, 0.3) is 110 Å². The molecule has 0 spiro atoms. The molecule has 0 bridgehead atoms. The van der Waals surface area contributed by atoms with Gasteiger partial charge in [-0.1, -0.05) is 121 Å². The first-order chi connectivity index (χ1) is 26.3. The second-order valence-electron chi connectivity index (χ2n) is 14.1. The number of aromatic nitrogens is 2. The smallest absolute Gasteiger partial charge is 0.136 e. The third-order valence-electron chi connectivity index (χ3n) is 11.3. The van der Waals surface area contributed by atoms with Crippen molar-refractivity contribution in [3.05, 3.63) is 182 Å². The molecule has 0 N–H and O–H groups in total. The van der Waals surface area contributed by atoms with Gasteiger partial charge < -0.3 is 13.6 Å². The minimum atomic E-state index is 0.903. The molecule has 3 aromatic heterocycles. The number of hydrogen-bond acceptors (Lipinski definition) is 1. The van der Waals surface area contributed by atoms with Gasteiger partial charge in [-0.3, -0.25) is 0 Å². The SMILES string of the molecule is c1ccc(-n2c3cc4c(cc3c3c5ccccc5ccc32)c2ccccc2n4-c2cccc(-c3cccc4oc5ccc6ccccc6c5c34)c2)cc1. The summed E-state index contributed by atoms with van der Waals surface area (Å²) in [5, 5.41) is 12.3. The van der Waals surface area contributed by atoms with Crippen LogP contribution in [0.1, 0.15) is 0 Å². The molecule has 0 radical (unpaired) electrons. The predicted octanol–water partition coefficient (Wildman–Crippen LogP) is 13.8. The summed E-state index contributed by atoms with van der Waals surface area (Å²) < 4.78 is 11.4. The summed E-state index contributed by atoms with van der Waals surface area (Å²) in [6.45, 7) is 0. The fourth-order valence-electron chi connectivity index (χ4n) is 9.02. The number of fused-ring (bicyclic) bond motifs is 13. The molecule has 3 nitrogen and oxygen atoms in total. The molecule has 0 amide bonds. The van der Waals surface area contributed by atoms with Crippen molar-refractivity contribution in [3.63, 3.8) is 0 Å². The molecule has 3 heteroatoms. The van der Waals surface area contributed by atoms with Gasteiger partial charge in [-0.05, 0) is 93.3 Å². The number of para-hydroxylation sites is 2. The van der Waals surface area contributed by atoms with E-state index in [9.17, 15) is 0 Å². The van der Waals surface area contributed by atoms with E-state index in [4.69, 9.17) is 4.42 Å². The lowest BCUT2D eigenvalue weighted by molar-refractivity contribution is 0.669. The van der Waals surface area contributed by atoms with Crippen LogP contribution in [0.4, 0.5) is 0 Å². The molecule has 0 atom stereocenters. The Bertz CT molecular complexity index is 3450. The lowest BCUT2D eigenvalue weighted by Gasteiger charge is -2.12. The molecular formula is C50H30N2O. The lowest BCUT2D eigenvalue weighted by atomic mass is 9.96. The van der Waals surface area contributed by atoms with E-state index < -0.39 is 0 Å². The lowest BCUT2D eigenvalue weighted by Crippen LogP contribution is -1.96. The Morgan fingerprint density at radius 1 is 0.321 bits per heavy atom. The quantitative estimate of drug-likeness (QED) is 0.183. The standard InChI is InChI=1S/C50H30N2O/c1-2-15-34(16-3-1)51-43-26-24-31-12-4-6-18-36(31)48(43)41-29-40-39-20-8-9-22-42(39)52(44(40)30-45(41)51)35-17-10-14-33(28-35)38-21-11-23-46-50(38)49-37-19-7-5-13-32(37)25-27-47(49)53-46/h1-30H. The normalized spacial score (nSPS) is 12.2.